The number of nitrogens with one attached hydrogen (secondary N) is 1. The van der Waals surface area contributed by atoms with Gasteiger partial charge in [-0.25, -0.2) is 4.39 Å². The number of ether oxygens (including phenoxy) is 1. The number of carbonyl (C=O) groups is 1. The minimum atomic E-state index is -0.778. The highest BCUT2D eigenvalue weighted by molar-refractivity contribution is 6.31. The highest BCUT2D eigenvalue weighted by atomic mass is 35.5. The molecule has 4 rings (SSSR count). The fraction of sp³-hybridized carbons (Fsp3) is 0.0400. The smallest absolute Gasteiger partial charge is 0.269 e. The Kier molecular flexibility index (Phi) is 6.39. The Morgan fingerprint density at radius 1 is 1.21 bits per heavy atom. The van der Waals surface area contributed by atoms with Crippen molar-refractivity contribution in [2.45, 2.75) is 6.92 Å². The SMILES string of the molecule is Cc1cc(Oc2nc3ccccn3c(=O)c2/C=C(/C#N)C(=O)Nc2ccc(F)cc2)ccc1Cl. The maximum Gasteiger partial charge on any atom is 0.269 e. The van der Waals surface area contributed by atoms with Crippen molar-refractivity contribution in [3.63, 3.8) is 0 Å². The molecule has 34 heavy (non-hydrogen) atoms. The molecule has 9 heteroatoms. The van der Waals surface area contributed by atoms with Crippen molar-refractivity contribution in [1.82, 2.24) is 9.38 Å². The predicted molar refractivity (Wildman–Crippen MR) is 126 cm³/mol. The third-order valence-corrected chi connectivity index (χ3v) is 5.26. The molecule has 0 fully saturated rings. The predicted octanol–water partition coefficient (Wildman–Crippen LogP) is 5.13. The van der Waals surface area contributed by atoms with Crippen molar-refractivity contribution in [2.24, 2.45) is 0 Å². The molecule has 2 heterocycles. The average molecular weight is 475 g/mol. The molecule has 0 saturated heterocycles. The molecular weight excluding hydrogens is 459 g/mol. The van der Waals surface area contributed by atoms with E-state index in [1.165, 1.54) is 34.9 Å². The van der Waals surface area contributed by atoms with Gasteiger partial charge < -0.3 is 10.1 Å². The minimum absolute atomic E-state index is 0.0831. The van der Waals surface area contributed by atoms with Crippen LogP contribution in [0.3, 0.4) is 0 Å². The number of benzene rings is 2. The van der Waals surface area contributed by atoms with E-state index >= 15 is 0 Å². The van der Waals surface area contributed by atoms with Gasteiger partial charge in [-0.1, -0.05) is 17.7 Å². The Morgan fingerprint density at radius 2 is 1.97 bits per heavy atom. The molecule has 0 radical (unpaired) electrons. The van der Waals surface area contributed by atoms with E-state index in [0.717, 1.165) is 11.6 Å². The van der Waals surface area contributed by atoms with Gasteiger partial charge in [0.2, 0.25) is 5.88 Å². The van der Waals surface area contributed by atoms with E-state index in [1.54, 1.807) is 49.4 Å². The summed E-state index contributed by atoms with van der Waals surface area (Å²) in [5, 5.41) is 12.7. The van der Waals surface area contributed by atoms with E-state index in [0.29, 0.717) is 16.4 Å². The summed E-state index contributed by atoms with van der Waals surface area (Å²) in [6.07, 6.45) is 2.63. The number of halogens is 2. The summed E-state index contributed by atoms with van der Waals surface area (Å²) >= 11 is 6.08. The van der Waals surface area contributed by atoms with E-state index in [9.17, 15) is 19.2 Å². The second kappa shape index (κ2) is 9.57. The normalized spacial score (nSPS) is 11.2. The first-order chi connectivity index (χ1) is 16.4. The third-order valence-electron chi connectivity index (χ3n) is 4.83. The van der Waals surface area contributed by atoms with Crippen molar-refractivity contribution in [3.05, 3.63) is 105 Å². The summed E-state index contributed by atoms with van der Waals surface area (Å²) in [6.45, 7) is 1.80. The van der Waals surface area contributed by atoms with Gasteiger partial charge in [-0.15, -0.1) is 0 Å². The first kappa shape index (κ1) is 22.7. The first-order valence-corrected chi connectivity index (χ1v) is 10.4. The number of pyridine rings is 1. The molecule has 1 N–H and O–H groups in total. The number of rotatable bonds is 5. The average Bonchev–Trinajstić information content (AvgIpc) is 2.83. The van der Waals surface area contributed by atoms with E-state index in [2.05, 4.69) is 10.3 Å². The van der Waals surface area contributed by atoms with Crippen LogP contribution in [-0.4, -0.2) is 15.3 Å². The maximum absolute atomic E-state index is 13.2. The number of nitrogens with zero attached hydrogens (tertiary/aromatic N) is 3. The van der Waals surface area contributed by atoms with Crippen LogP contribution >= 0.6 is 11.6 Å². The van der Waals surface area contributed by atoms with Crippen molar-refractivity contribution in [1.29, 1.82) is 5.26 Å². The number of fused-ring (bicyclic) bond motifs is 1. The molecule has 0 saturated carbocycles. The highest BCUT2D eigenvalue weighted by Gasteiger charge is 2.18. The number of aromatic nitrogens is 2. The van der Waals surface area contributed by atoms with Crippen molar-refractivity contribution in [2.75, 3.05) is 5.32 Å². The molecule has 168 valence electrons. The van der Waals surface area contributed by atoms with Gasteiger partial charge in [0.1, 0.15) is 34.4 Å². The third kappa shape index (κ3) is 4.80. The molecule has 0 aliphatic carbocycles. The van der Waals surface area contributed by atoms with Gasteiger partial charge >= 0.3 is 0 Å². The van der Waals surface area contributed by atoms with Gasteiger partial charge in [-0.3, -0.25) is 14.0 Å². The van der Waals surface area contributed by atoms with Crippen LogP contribution in [0.4, 0.5) is 10.1 Å². The lowest BCUT2D eigenvalue weighted by Gasteiger charge is -2.11. The zero-order valence-electron chi connectivity index (χ0n) is 17.8. The Bertz CT molecular complexity index is 1540. The monoisotopic (exact) mass is 474 g/mol. The molecule has 0 spiro atoms. The zero-order valence-corrected chi connectivity index (χ0v) is 18.5. The molecule has 0 bridgehead atoms. The number of hydrogen-bond acceptors (Lipinski definition) is 5. The lowest BCUT2D eigenvalue weighted by Crippen LogP contribution is -2.20. The number of hydrogen-bond donors (Lipinski definition) is 1. The quantitative estimate of drug-likeness (QED) is 0.319. The molecule has 0 aliphatic heterocycles. The zero-order chi connectivity index (χ0) is 24.2. The molecule has 2 aromatic carbocycles. The Hall–Kier alpha value is -4.48. The molecule has 1 amide bonds. The van der Waals surface area contributed by atoms with Crippen LogP contribution in [0.1, 0.15) is 11.1 Å². The van der Waals surface area contributed by atoms with E-state index in [1.807, 2.05) is 0 Å². The highest BCUT2D eigenvalue weighted by Crippen LogP contribution is 2.27. The van der Waals surface area contributed by atoms with Crippen molar-refractivity contribution < 1.29 is 13.9 Å². The molecule has 0 atom stereocenters. The summed E-state index contributed by atoms with van der Waals surface area (Å²) < 4.78 is 20.3. The Balaban J connectivity index is 1.80. The van der Waals surface area contributed by atoms with Crippen molar-refractivity contribution in [3.8, 4) is 17.7 Å². The summed E-state index contributed by atoms with van der Waals surface area (Å²) in [5.74, 6) is -0.957. The van der Waals surface area contributed by atoms with Gasteiger partial charge in [-0.2, -0.15) is 10.2 Å². The number of amides is 1. The van der Waals surface area contributed by atoms with Crippen LogP contribution in [0.25, 0.3) is 11.7 Å². The second-order valence-electron chi connectivity index (χ2n) is 7.21. The van der Waals surface area contributed by atoms with E-state index < -0.39 is 17.3 Å². The van der Waals surface area contributed by atoms with Gasteiger partial charge in [0, 0.05) is 16.9 Å². The number of carbonyl (C=O) groups excluding carboxylic acids is 1. The lowest BCUT2D eigenvalue weighted by molar-refractivity contribution is -0.112. The van der Waals surface area contributed by atoms with E-state index in [-0.39, 0.29) is 22.7 Å². The molecule has 0 aliphatic rings. The fourth-order valence-electron chi connectivity index (χ4n) is 3.10. The maximum atomic E-state index is 13.2. The Morgan fingerprint density at radius 3 is 2.68 bits per heavy atom. The summed E-state index contributed by atoms with van der Waals surface area (Å²) in [7, 11) is 0. The van der Waals surface area contributed by atoms with Crippen molar-refractivity contribution >= 4 is 34.9 Å². The summed E-state index contributed by atoms with van der Waals surface area (Å²) in [6, 6.07) is 16.8. The van der Waals surface area contributed by atoms with Crippen LogP contribution < -0.4 is 15.6 Å². The lowest BCUT2D eigenvalue weighted by atomic mass is 10.1. The van der Waals surface area contributed by atoms with E-state index in [4.69, 9.17) is 16.3 Å². The molecular formula is C25H16ClFN4O3. The van der Waals surface area contributed by atoms with Gasteiger partial charge in [0.25, 0.3) is 11.5 Å². The number of nitriles is 1. The van der Waals surface area contributed by atoms with Crippen LogP contribution in [0.2, 0.25) is 5.02 Å². The van der Waals surface area contributed by atoms with Crippen LogP contribution in [0.5, 0.6) is 11.6 Å². The largest absolute Gasteiger partial charge is 0.438 e. The number of aryl methyl sites for hydroxylation is 1. The standard InChI is InChI=1S/C25H16ClFN4O3/c1-15-12-19(9-10-21(15)26)34-24-20(25(33)31-11-3-2-4-22(31)30-24)13-16(14-28)23(32)29-18-7-5-17(27)6-8-18/h2-13H,1H3,(H,29,32)/b16-13-. The molecule has 0 unspecified atom stereocenters. The topological polar surface area (TPSA) is 96.5 Å². The summed E-state index contributed by atoms with van der Waals surface area (Å²) in [4.78, 5) is 30.3. The summed E-state index contributed by atoms with van der Waals surface area (Å²) in [5.41, 5.74) is 0.366. The van der Waals surface area contributed by atoms with Gasteiger partial charge in [0.15, 0.2) is 0 Å². The fourth-order valence-corrected chi connectivity index (χ4v) is 3.22. The first-order valence-electron chi connectivity index (χ1n) is 10.00. The second-order valence-corrected chi connectivity index (χ2v) is 7.62. The minimum Gasteiger partial charge on any atom is -0.438 e. The molecule has 2 aromatic heterocycles. The number of anilines is 1. The Labute approximate surface area is 198 Å². The van der Waals surface area contributed by atoms with Crippen LogP contribution in [-0.2, 0) is 4.79 Å². The molecule has 7 nitrogen and oxygen atoms in total. The van der Waals surface area contributed by atoms with Gasteiger partial charge in [-0.05, 0) is 73.2 Å². The van der Waals surface area contributed by atoms with Crippen LogP contribution in [0.15, 0.2) is 77.2 Å². The van der Waals surface area contributed by atoms with Gasteiger partial charge in [0.05, 0.1) is 0 Å². The molecule has 4 aromatic rings. The van der Waals surface area contributed by atoms with Crippen LogP contribution in [0, 0.1) is 24.1 Å².